The van der Waals surface area contributed by atoms with Gasteiger partial charge in [0.25, 0.3) is 0 Å². The number of carboxylic acids is 2. The second kappa shape index (κ2) is 14.3. The maximum absolute atomic E-state index is 13.0. The third-order valence-electron chi connectivity index (χ3n) is 5.66. The molecule has 0 bridgehead atoms. The Morgan fingerprint density at radius 3 is 1.92 bits per heavy atom. The van der Waals surface area contributed by atoms with Crippen molar-refractivity contribution in [1.29, 1.82) is 0 Å². The number of aliphatic carboxylic acids is 2. The van der Waals surface area contributed by atoms with Gasteiger partial charge >= 0.3 is 11.9 Å². The molecule has 2 rings (SSSR count). The van der Waals surface area contributed by atoms with Gasteiger partial charge in [-0.2, -0.15) is 0 Å². The normalized spacial score (nSPS) is 13.8. The summed E-state index contributed by atoms with van der Waals surface area (Å²) in [6, 6.07) is 10.1. The van der Waals surface area contributed by atoms with Crippen molar-refractivity contribution in [3.05, 3.63) is 65.7 Å². The number of aromatic hydroxyl groups is 1. The van der Waals surface area contributed by atoms with Crippen molar-refractivity contribution in [2.75, 3.05) is 0 Å². The average Bonchev–Trinajstić information content (AvgIpc) is 2.87. The lowest BCUT2D eigenvalue weighted by molar-refractivity contribution is -0.143. The smallest absolute Gasteiger partial charge is 0.326 e. The van der Waals surface area contributed by atoms with E-state index in [0.29, 0.717) is 5.56 Å². The van der Waals surface area contributed by atoms with Crippen LogP contribution in [0.1, 0.15) is 30.9 Å². The third kappa shape index (κ3) is 9.90. The fourth-order valence-electron chi connectivity index (χ4n) is 3.52. The second-order valence-corrected chi connectivity index (χ2v) is 8.79. The number of carbonyl (C=O) groups is 5. The molecule has 204 valence electrons. The van der Waals surface area contributed by atoms with E-state index in [0.717, 1.165) is 5.56 Å². The molecular formula is C26H32N4O8. The van der Waals surface area contributed by atoms with Crippen molar-refractivity contribution in [2.24, 2.45) is 5.73 Å². The summed E-state index contributed by atoms with van der Waals surface area (Å²) in [6.07, 6.45) is -0.669. The number of nitrogens with one attached hydrogen (secondary N) is 3. The lowest BCUT2D eigenvalue weighted by atomic mass is 10.0. The fraction of sp³-hybridized carbons (Fsp3) is 0.346. The number of phenols is 1. The minimum Gasteiger partial charge on any atom is -0.508 e. The molecule has 3 amide bonds. The van der Waals surface area contributed by atoms with Gasteiger partial charge in [0, 0.05) is 12.8 Å². The number of benzene rings is 2. The molecule has 0 radical (unpaired) electrons. The van der Waals surface area contributed by atoms with Crippen LogP contribution in [0.3, 0.4) is 0 Å². The van der Waals surface area contributed by atoms with Crippen molar-refractivity contribution in [3.8, 4) is 5.75 Å². The maximum Gasteiger partial charge on any atom is 0.326 e. The number of rotatable bonds is 14. The third-order valence-corrected chi connectivity index (χ3v) is 5.66. The molecule has 0 spiro atoms. The number of hydrogen-bond acceptors (Lipinski definition) is 7. The van der Waals surface area contributed by atoms with Crippen LogP contribution in [-0.2, 0) is 36.8 Å². The summed E-state index contributed by atoms with van der Waals surface area (Å²) in [7, 11) is 0. The van der Waals surface area contributed by atoms with Gasteiger partial charge in [-0.25, -0.2) is 4.79 Å². The van der Waals surface area contributed by atoms with Crippen molar-refractivity contribution >= 4 is 29.7 Å². The highest BCUT2D eigenvalue weighted by atomic mass is 16.4. The van der Waals surface area contributed by atoms with Crippen LogP contribution >= 0.6 is 0 Å². The van der Waals surface area contributed by atoms with Crippen LogP contribution in [0.5, 0.6) is 5.75 Å². The summed E-state index contributed by atoms with van der Waals surface area (Å²) in [5, 5.41) is 35.0. The van der Waals surface area contributed by atoms with E-state index >= 15 is 0 Å². The van der Waals surface area contributed by atoms with E-state index in [1.54, 1.807) is 0 Å². The summed E-state index contributed by atoms with van der Waals surface area (Å²) >= 11 is 0. The molecule has 0 aliphatic carbocycles. The Kier molecular flexibility index (Phi) is 11.2. The molecule has 12 heteroatoms. The Balaban J connectivity index is 2.09. The van der Waals surface area contributed by atoms with E-state index in [1.807, 2.05) is 30.3 Å². The highest BCUT2D eigenvalue weighted by Gasteiger charge is 2.29. The Labute approximate surface area is 219 Å². The molecule has 0 heterocycles. The number of carboxylic acid groups (broad SMARTS) is 2. The van der Waals surface area contributed by atoms with Crippen molar-refractivity contribution in [1.82, 2.24) is 16.0 Å². The number of nitrogens with two attached hydrogens (primary N) is 1. The molecule has 8 N–H and O–H groups in total. The highest BCUT2D eigenvalue weighted by molar-refractivity contribution is 5.94. The van der Waals surface area contributed by atoms with Crippen LogP contribution in [0.25, 0.3) is 0 Å². The quantitative estimate of drug-likeness (QED) is 0.175. The second-order valence-electron chi connectivity index (χ2n) is 8.79. The average molecular weight is 529 g/mol. The first kappa shape index (κ1) is 29.8. The molecule has 4 unspecified atom stereocenters. The van der Waals surface area contributed by atoms with Crippen LogP contribution < -0.4 is 21.7 Å². The van der Waals surface area contributed by atoms with E-state index in [-0.39, 0.29) is 25.0 Å². The molecule has 12 nitrogen and oxygen atoms in total. The molecule has 0 saturated heterocycles. The first-order valence-electron chi connectivity index (χ1n) is 11.9. The number of carbonyl (C=O) groups excluding carboxylic acids is 3. The number of phenolic OH excluding ortho intramolecular Hbond substituents is 1. The summed E-state index contributed by atoms with van der Waals surface area (Å²) in [5.74, 6) is -4.82. The van der Waals surface area contributed by atoms with E-state index in [2.05, 4.69) is 16.0 Å². The van der Waals surface area contributed by atoms with Crippen molar-refractivity contribution < 1.29 is 39.3 Å². The van der Waals surface area contributed by atoms with Gasteiger partial charge in [-0.3, -0.25) is 19.2 Å². The van der Waals surface area contributed by atoms with E-state index in [4.69, 9.17) is 10.8 Å². The van der Waals surface area contributed by atoms with Gasteiger partial charge in [0.15, 0.2) is 0 Å². The standard InChI is InChI=1S/C26H32N4O8/c1-15(28-24(35)19(27)13-16-5-3-2-4-6-16)23(34)30-21(14-17-7-9-18(31)10-8-17)25(36)29-20(26(37)38)11-12-22(32)33/h2-10,15,19-21,31H,11-14,27H2,1H3,(H,28,35)(H,29,36)(H,30,34)(H,32,33)(H,37,38). The molecule has 0 aliphatic rings. The highest BCUT2D eigenvalue weighted by Crippen LogP contribution is 2.12. The molecule has 0 fully saturated rings. The van der Waals surface area contributed by atoms with Crippen molar-refractivity contribution in [3.63, 3.8) is 0 Å². The van der Waals surface area contributed by atoms with Gasteiger partial charge in [0.05, 0.1) is 6.04 Å². The Morgan fingerprint density at radius 1 is 0.763 bits per heavy atom. The number of hydrogen-bond donors (Lipinski definition) is 7. The Morgan fingerprint density at radius 2 is 1.34 bits per heavy atom. The molecule has 4 atom stereocenters. The number of amides is 3. The van der Waals surface area contributed by atoms with Crippen LogP contribution in [-0.4, -0.2) is 69.1 Å². The zero-order valence-electron chi connectivity index (χ0n) is 20.8. The Bertz CT molecular complexity index is 1120. The van der Waals surface area contributed by atoms with Gasteiger partial charge in [-0.05, 0) is 43.0 Å². The van der Waals surface area contributed by atoms with Crippen LogP contribution in [0, 0.1) is 0 Å². The van der Waals surface area contributed by atoms with Crippen LogP contribution in [0.15, 0.2) is 54.6 Å². The first-order chi connectivity index (χ1) is 18.0. The zero-order chi connectivity index (χ0) is 28.2. The van der Waals surface area contributed by atoms with Gasteiger partial charge < -0.3 is 37.0 Å². The van der Waals surface area contributed by atoms with E-state index < -0.39 is 60.2 Å². The van der Waals surface area contributed by atoms with Gasteiger partial charge in [0.1, 0.15) is 23.9 Å². The molecule has 0 saturated carbocycles. The fourth-order valence-corrected chi connectivity index (χ4v) is 3.52. The Hall–Kier alpha value is -4.45. The predicted octanol–water partition coefficient (Wildman–Crippen LogP) is -0.0716. The van der Waals surface area contributed by atoms with E-state index in [1.165, 1.54) is 31.2 Å². The van der Waals surface area contributed by atoms with Gasteiger partial charge in [-0.1, -0.05) is 42.5 Å². The SMILES string of the molecule is CC(NC(=O)C(N)Cc1ccccc1)C(=O)NC(Cc1ccc(O)cc1)C(=O)NC(CCC(=O)O)C(=O)O. The minimum absolute atomic E-state index is 0.0124. The monoisotopic (exact) mass is 528 g/mol. The summed E-state index contributed by atoms with van der Waals surface area (Å²) < 4.78 is 0. The summed E-state index contributed by atoms with van der Waals surface area (Å²) in [5.41, 5.74) is 7.35. The zero-order valence-corrected chi connectivity index (χ0v) is 20.8. The molecule has 2 aromatic rings. The van der Waals surface area contributed by atoms with Gasteiger partial charge in [-0.15, -0.1) is 0 Å². The first-order valence-corrected chi connectivity index (χ1v) is 11.9. The maximum atomic E-state index is 13.0. The summed E-state index contributed by atoms with van der Waals surface area (Å²) in [4.78, 5) is 60.7. The predicted molar refractivity (Wildman–Crippen MR) is 136 cm³/mol. The van der Waals surface area contributed by atoms with Crippen LogP contribution in [0.4, 0.5) is 0 Å². The molecular weight excluding hydrogens is 496 g/mol. The molecule has 38 heavy (non-hydrogen) atoms. The van der Waals surface area contributed by atoms with E-state index in [9.17, 15) is 34.2 Å². The van der Waals surface area contributed by atoms with Crippen LogP contribution in [0.2, 0.25) is 0 Å². The molecule has 0 aliphatic heterocycles. The largest absolute Gasteiger partial charge is 0.508 e. The van der Waals surface area contributed by atoms with Gasteiger partial charge in [0.2, 0.25) is 17.7 Å². The summed E-state index contributed by atoms with van der Waals surface area (Å²) in [6.45, 7) is 1.41. The molecule has 0 aromatic heterocycles. The molecule has 2 aromatic carbocycles. The lowest BCUT2D eigenvalue weighted by Gasteiger charge is -2.24. The minimum atomic E-state index is -1.49. The lowest BCUT2D eigenvalue weighted by Crippen LogP contribution is -2.57. The topological polar surface area (TPSA) is 208 Å². The van der Waals surface area contributed by atoms with Crippen molar-refractivity contribution in [2.45, 2.75) is 56.8 Å².